The molecule has 4 rings (SSSR count). The fraction of sp³-hybridized carbons (Fsp3) is 0.150. The van der Waals surface area contributed by atoms with Crippen LogP contribution in [0.4, 0.5) is 11.9 Å². The summed E-state index contributed by atoms with van der Waals surface area (Å²) in [6, 6.07) is 11.2. The molecule has 2 aromatic heterocycles. The number of anilines is 2. The number of nitrogens with zero attached hydrogens (tertiary/aromatic N) is 4. The van der Waals surface area contributed by atoms with Crippen LogP contribution in [0.15, 0.2) is 48.6 Å². The van der Waals surface area contributed by atoms with Crippen LogP contribution in [0.2, 0.25) is 0 Å². The number of nitrogens with two attached hydrogens (primary N) is 3. The Labute approximate surface area is 161 Å². The van der Waals surface area contributed by atoms with Gasteiger partial charge in [0.2, 0.25) is 17.8 Å². The van der Waals surface area contributed by atoms with Gasteiger partial charge in [0.05, 0.1) is 22.1 Å². The van der Waals surface area contributed by atoms with Crippen molar-refractivity contribution in [2.75, 3.05) is 11.5 Å². The van der Waals surface area contributed by atoms with Crippen LogP contribution in [0.3, 0.4) is 0 Å². The van der Waals surface area contributed by atoms with Gasteiger partial charge in [0.1, 0.15) is 0 Å². The first-order valence-electron chi connectivity index (χ1n) is 8.87. The lowest BCUT2D eigenvalue weighted by Gasteiger charge is -2.05. The summed E-state index contributed by atoms with van der Waals surface area (Å²) < 4.78 is 3.84. The van der Waals surface area contributed by atoms with E-state index in [0.717, 1.165) is 22.1 Å². The number of fused-ring (bicyclic) bond motifs is 2. The number of hydrogen-bond donors (Lipinski definition) is 3. The number of aromatic nitrogens is 4. The van der Waals surface area contributed by atoms with Gasteiger partial charge in [0.25, 0.3) is 0 Å². The van der Waals surface area contributed by atoms with E-state index in [1.165, 1.54) is 0 Å². The number of aryl methyl sites for hydroxylation is 1. The number of primary amides is 1. The first-order valence-corrected chi connectivity index (χ1v) is 8.87. The van der Waals surface area contributed by atoms with Crippen LogP contribution < -0.4 is 17.2 Å². The monoisotopic (exact) mass is 375 g/mol. The van der Waals surface area contributed by atoms with Gasteiger partial charge in [0, 0.05) is 18.7 Å². The van der Waals surface area contributed by atoms with Crippen LogP contribution in [0.1, 0.15) is 15.9 Å². The van der Waals surface area contributed by atoms with Crippen molar-refractivity contribution in [1.29, 1.82) is 0 Å². The van der Waals surface area contributed by atoms with Gasteiger partial charge in [0.15, 0.2) is 0 Å². The zero-order valence-corrected chi connectivity index (χ0v) is 15.5. The number of imidazole rings is 2. The van der Waals surface area contributed by atoms with E-state index in [0.29, 0.717) is 36.1 Å². The van der Waals surface area contributed by atoms with Crippen molar-refractivity contribution in [3.8, 4) is 0 Å². The Balaban J connectivity index is 1.56. The van der Waals surface area contributed by atoms with Gasteiger partial charge in [-0.3, -0.25) is 4.79 Å². The maximum absolute atomic E-state index is 11.3. The lowest BCUT2D eigenvalue weighted by Crippen LogP contribution is -2.10. The smallest absolute Gasteiger partial charge is 0.248 e. The van der Waals surface area contributed by atoms with E-state index >= 15 is 0 Å². The van der Waals surface area contributed by atoms with Gasteiger partial charge in [-0.25, -0.2) is 9.97 Å². The molecule has 0 radical (unpaired) electrons. The summed E-state index contributed by atoms with van der Waals surface area (Å²) in [6.45, 7) is 3.17. The minimum Gasteiger partial charge on any atom is -0.369 e. The predicted molar refractivity (Wildman–Crippen MR) is 111 cm³/mol. The van der Waals surface area contributed by atoms with E-state index in [4.69, 9.17) is 17.2 Å². The largest absolute Gasteiger partial charge is 0.369 e. The number of amides is 1. The lowest BCUT2D eigenvalue weighted by atomic mass is 10.2. The quantitative estimate of drug-likeness (QED) is 0.460. The molecule has 1 amide bonds. The molecule has 0 unspecified atom stereocenters. The second-order valence-corrected chi connectivity index (χ2v) is 6.64. The molecule has 0 fully saturated rings. The summed E-state index contributed by atoms with van der Waals surface area (Å²) in [7, 11) is 0. The molecule has 8 heteroatoms. The average Bonchev–Trinajstić information content (AvgIpc) is 3.15. The Hall–Kier alpha value is -3.81. The van der Waals surface area contributed by atoms with Crippen molar-refractivity contribution in [2.24, 2.45) is 5.73 Å². The third-order valence-electron chi connectivity index (χ3n) is 4.82. The molecular formula is C20H21N7O. The second kappa shape index (κ2) is 6.73. The normalized spacial score (nSPS) is 11.8. The molecule has 0 aliphatic rings. The molecule has 0 saturated heterocycles. The van der Waals surface area contributed by atoms with E-state index in [-0.39, 0.29) is 0 Å². The number of nitrogen functional groups attached to an aromatic ring is 2. The summed E-state index contributed by atoms with van der Waals surface area (Å²) in [5.41, 5.74) is 22.4. The van der Waals surface area contributed by atoms with Gasteiger partial charge >= 0.3 is 0 Å². The van der Waals surface area contributed by atoms with Crippen LogP contribution in [-0.2, 0) is 13.1 Å². The summed E-state index contributed by atoms with van der Waals surface area (Å²) in [5.74, 6) is 0.375. The number of allylic oxidation sites excluding steroid dienone is 2. The standard InChI is InChI=1S/C20H21N7O/c1-12-5-4-6-16-17(12)25-20(23)27(16)10-3-2-9-26-15-8-7-13(18(21)28)11-14(15)24-19(26)22/h2-8,11H,9-10H2,1H3,(H2,21,28)(H2,22,24)(H2,23,25)/b3-2+. The van der Waals surface area contributed by atoms with E-state index in [1.54, 1.807) is 18.2 Å². The minimum atomic E-state index is -0.490. The van der Waals surface area contributed by atoms with Gasteiger partial charge in [-0.05, 0) is 36.8 Å². The van der Waals surface area contributed by atoms with Crippen molar-refractivity contribution in [2.45, 2.75) is 20.0 Å². The zero-order chi connectivity index (χ0) is 19.8. The number of hydrogen-bond acceptors (Lipinski definition) is 5. The van der Waals surface area contributed by atoms with Crippen molar-refractivity contribution in [3.63, 3.8) is 0 Å². The Morgan fingerprint density at radius 1 is 1.00 bits per heavy atom. The summed E-state index contributed by atoms with van der Waals surface area (Å²) in [6.07, 6.45) is 4.02. The maximum Gasteiger partial charge on any atom is 0.248 e. The minimum absolute atomic E-state index is 0.379. The summed E-state index contributed by atoms with van der Waals surface area (Å²) in [4.78, 5) is 20.1. The highest BCUT2D eigenvalue weighted by atomic mass is 16.1. The molecule has 28 heavy (non-hydrogen) atoms. The molecule has 142 valence electrons. The molecule has 0 aliphatic heterocycles. The molecule has 0 saturated carbocycles. The highest BCUT2D eigenvalue weighted by Crippen LogP contribution is 2.21. The highest BCUT2D eigenvalue weighted by Gasteiger charge is 2.10. The van der Waals surface area contributed by atoms with E-state index < -0.39 is 5.91 Å². The zero-order valence-electron chi connectivity index (χ0n) is 15.5. The van der Waals surface area contributed by atoms with Crippen LogP contribution in [-0.4, -0.2) is 25.0 Å². The predicted octanol–water partition coefficient (Wildman–Crippen LogP) is 2.21. The van der Waals surface area contributed by atoms with Gasteiger partial charge in [-0.15, -0.1) is 0 Å². The van der Waals surface area contributed by atoms with Gasteiger partial charge < -0.3 is 26.3 Å². The van der Waals surface area contributed by atoms with Crippen molar-refractivity contribution >= 4 is 39.9 Å². The number of rotatable bonds is 5. The third-order valence-corrected chi connectivity index (χ3v) is 4.82. The number of carbonyl (C=O) groups excluding carboxylic acids is 1. The van der Waals surface area contributed by atoms with E-state index in [9.17, 15) is 4.79 Å². The summed E-state index contributed by atoms with van der Waals surface area (Å²) >= 11 is 0. The number of carbonyl (C=O) groups is 1. The molecule has 2 heterocycles. The fourth-order valence-electron chi connectivity index (χ4n) is 3.35. The second-order valence-electron chi connectivity index (χ2n) is 6.64. The average molecular weight is 375 g/mol. The topological polar surface area (TPSA) is 131 Å². The Morgan fingerprint density at radius 3 is 2.39 bits per heavy atom. The van der Waals surface area contributed by atoms with Gasteiger partial charge in [-0.2, -0.15) is 0 Å². The Kier molecular flexibility index (Phi) is 4.23. The number of benzene rings is 2. The molecule has 0 spiro atoms. The molecule has 0 atom stereocenters. The van der Waals surface area contributed by atoms with Crippen LogP contribution in [0.25, 0.3) is 22.1 Å². The Bertz CT molecular complexity index is 1230. The first-order chi connectivity index (χ1) is 13.5. The van der Waals surface area contributed by atoms with E-state index in [1.807, 2.05) is 46.4 Å². The SMILES string of the molecule is Cc1cccc2c1nc(N)n2C/C=C/Cn1c(N)nc2cc(C(N)=O)ccc21. The molecule has 0 aliphatic carbocycles. The van der Waals surface area contributed by atoms with Crippen LogP contribution >= 0.6 is 0 Å². The molecule has 8 nitrogen and oxygen atoms in total. The Morgan fingerprint density at radius 2 is 1.68 bits per heavy atom. The lowest BCUT2D eigenvalue weighted by molar-refractivity contribution is 0.100. The third kappa shape index (κ3) is 2.94. The molecular weight excluding hydrogens is 354 g/mol. The molecule has 2 aromatic carbocycles. The first kappa shape index (κ1) is 17.6. The maximum atomic E-state index is 11.3. The highest BCUT2D eigenvalue weighted by molar-refractivity contribution is 5.96. The molecule has 6 N–H and O–H groups in total. The van der Waals surface area contributed by atoms with E-state index in [2.05, 4.69) is 9.97 Å². The van der Waals surface area contributed by atoms with Crippen molar-refractivity contribution in [3.05, 3.63) is 59.7 Å². The van der Waals surface area contributed by atoms with Gasteiger partial charge in [-0.1, -0.05) is 24.3 Å². The fourth-order valence-corrected chi connectivity index (χ4v) is 3.35. The van der Waals surface area contributed by atoms with Crippen LogP contribution in [0, 0.1) is 6.92 Å². The molecule has 0 bridgehead atoms. The van der Waals surface area contributed by atoms with Crippen LogP contribution in [0.5, 0.6) is 0 Å². The molecule has 4 aromatic rings. The van der Waals surface area contributed by atoms with Crippen molar-refractivity contribution in [1.82, 2.24) is 19.1 Å². The summed E-state index contributed by atoms with van der Waals surface area (Å²) in [5, 5.41) is 0. The number of para-hydroxylation sites is 1. The van der Waals surface area contributed by atoms with Crippen molar-refractivity contribution < 1.29 is 4.79 Å².